The molecule has 4 N–H and O–H groups in total. The lowest BCUT2D eigenvalue weighted by molar-refractivity contribution is 0.112. The number of hydrogen-bond donors (Lipinski definition) is 2. The van der Waals surface area contributed by atoms with E-state index in [4.69, 9.17) is 11.5 Å². The lowest BCUT2D eigenvalue weighted by Crippen LogP contribution is -2.04. The molecule has 0 aliphatic rings. The van der Waals surface area contributed by atoms with E-state index in [2.05, 4.69) is 0 Å². The molecule has 1 rings (SSSR count). The first-order valence-electron chi connectivity index (χ1n) is 3.73. The summed E-state index contributed by atoms with van der Waals surface area (Å²) in [4.78, 5) is 10.5. The molecule has 64 valence electrons. The fraction of sp³-hybridized carbons (Fsp3) is 0.222. The normalized spacial score (nSPS) is 9.83. The van der Waals surface area contributed by atoms with Crippen molar-refractivity contribution in [1.82, 2.24) is 0 Å². The van der Waals surface area contributed by atoms with Gasteiger partial charge in [-0.2, -0.15) is 0 Å². The van der Waals surface area contributed by atoms with Crippen molar-refractivity contribution in [2.75, 3.05) is 5.73 Å². The Kier molecular flexibility index (Phi) is 2.45. The van der Waals surface area contributed by atoms with Gasteiger partial charge in [-0.25, -0.2) is 0 Å². The highest BCUT2D eigenvalue weighted by Gasteiger charge is 2.02. The first kappa shape index (κ1) is 8.74. The standard InChI is InChI=1S/C9H12N2O/c1-6-2-7(5-12)3-8(4-10)9(6)11/h2-3,5H,4,10-11H2,1H3. The van der Waals surface area contributed by atoms with Crippen molar-refractivity contribution >= 4 is 12.0 Å². The zero-order chi connectivity index (χ0) is 9.14. The zero-order valence-corrected chi connectivity index (χ0v) is 7.00. The number of carbonyl (C=O) groups is 1. The van der Waals surface area contributed by atoms with Crippen molar-refractivity contribution in [3.8, 4) is 0 Å². The summed E-state index contributed by atoms with van der Waals surface area (Å²) in [6, 6.07) is 3.47. The maximum absolute atomic E-state index is 10.5. The first-order valence-corrected chi connectivity index (χ1v) is 3.73. The van der Waals surface area contributed by atoms with Crippen LogP contribution >= 0.6 is 0 Å². The third-order valence-corrected chi connectivity index (χ3v) is 1.85. The predicted octanol–water partition coefficient (Wildman–Crippen LogP) is 0.848. The Balaban J connectivity index is 3.28. The van der Waals surface area contributed by atoms with Crippen molar-refractivity contribution in [3.63, 3.8) is 0 Å². The Morgan fingerprint density at radius 2 is 2.17 bits per heavy atom. The number of nitrogens with two attached hydrogens (primary N) is 2. The van der Waals surface area contributed by atoms with Crippen LogP contribution in [-0.2, 0) is 6.54 Å². The van der Waals surface area contributed by atoms with Gasteiger partial charge in [0.05, 0.1) is 0 Å². The molecule has 0 saturated heterocycles. The molecule has 0 heterocycles. The minimum absolute atomic E-state index is 0.369. The van der Waals surface area contributed by atoms with Crippen LogP contribution in [0.15, 0.2) is 12.1 Å². The van der Waals surface area contributed by atoms with Crippen LogP contribution in [0.4, 0.5) is 5.69 Å². The van der Waals surface area contributed by atoms with Crippen molar-refractivity contribution in [2.45, 2.75) is 13.5 Å². The molecule has 0 bridgehead atoms. The van der Waals surface area contributed by atoms with Gasteiger partial charge in [0.15, 0.2) is 0 Å². The van der Waals surface area contributed by atoms with Crippen LogP contribution < -0.4 is 11.5 Å². The SMILES string of the molecule is Cc1cc(C=O)cc(CN)c1N. The van der Waals surface area contributed by atoms with E-state index < -0.39 is 0 Å². The minimum Gasteiger partial charge on any atom is -0.398 e. The molecule has 1 aromatic rings. The highest BCUT2D eigenvalue weighted by molar-refractivity contribution is 5.77. The van der Waals surface area contributed by atoms with E-state index in [-0.39, 0.29) is 0 Å². The Morgan fingerprint density at radius 3 is 2.67 bits per heavy atom. The molecular weight excluding hydrogens is 152 g/mol. The van der Waals surface area contributed by atoms with Gasteiger partial charge >= 0.3 is 0 Å². The van der Waals surface area contributed by atoms with E-state index in [0.717, 1.165) is 17.4 Å². The van der Waals surface area contributed by atoms with E-state index >= 15 is 0 Å². The van der Waals surface area contributed by atoms with E-state index in [0.29, 0.717) is 17.8 Å². The Hall–Kier alpha value is -1.35. The summed E-state index contributed by atoms with van der Waals surface area (Å²) in [5.74, 6) is 0. The quantitative estimate of drug-likeness (QED) is 0.503. The highest BCUT2D eigenvalue weighted by Crippen LogP contribution is 2.17. The number of carbonyl (C=O) groups excluding carboxylic acids is 1. The molecule has 1 aromatic carbocycles. The monoisotopic (exact) mass is 164 g/mol. The first-order chi connectivity index (χ1) is 5.69. The summed E-state index contributed by atoms with van der Waals surface area (Å²) in [7, 11) is 0. The van der Waals surface area contributed by atoms with Crippen LogP contribution in [0.5, 0.6) is 0 Å². The van der Waals surface area contributed by atoms with E-state index in [9.17, 15) is 4.79 Å². The van der Waals surface area contributed by atoms with Gasteiger partial charge in [-0.15, -0.1) is 0 Å². The van der Waals surface area contributed by atoms with Gasteiger partial charge in [0, 0.05) is 17.8 Å². The second-order valence-corrected chi connectivity index (χ2v) is 2.73. The predicted molar refractivity (Wildman–Crippen MR) is 48.9 cm³/mol. The molecule has 0 unspecified atom stereocenters. The summed E-state index contributed by atoms with van der Waals surface area (Å²) in [5, 5.41) is 0. The molecule has 12 heavy (non-hydrogen) atoms. The number of aldehydes is 1. The lowest BCUT2D eigenvalue weighted by Gasteiger charge is -2.06. The van der Waals surface area contributed by atoms with Crippen molar-refractivity contribution < 1.29 is 4.79 Å². The van der Waals surface area contributed by atoms with Crippen LogP contribution in [0.25, 0.3) is 0 Å². The van der Waals surface area contributed by atoms with Crippen LogP contribution in [0, 0.1) is 6.92 Å². The summed E-state index contributed by atoms with van der Waals surface area (Å²) in [6.07, 6.45) is 0.797. The molecular formula is C9H12N2O. The number of benzene rings is 1. The van der Waals surface area contributed by atoms with Crippen molar-refractivity contribution in [3.05, 3.63) is 28.8 Å². The van der Waals surface area contributed by atoms with Gasteiger partial charge in [-0.1, -0.05) is 0 Å². The van der Waals surface area contributed by atoms with Gasteiger partial charge < -0.3 is 11.5 Å². The number of rotatable bonds is 2. The second kappa shape index (κ2) is 3.36. The molecule has 0 amide bonds. The van der Waals surface area contributed by atoms with Crippen LogP contribution in [-0.4, -0.2) is 6.29 Å². The Labute approximate surface area is 71.4 Å². The molecule has 3 heteroatoms. The van der Waals surface area contributed by atoms with Gasteiger partial charge in [-0.3, -0.25) is 4.79 Å². The summed E-state index contributed by atoms with van der Waals surface area (Å²) < 4.78 is 0. The molecule has 0 atom stereocenters. The summed E-state index contributed by atoms with van der Waals surface area (Å²) >= 11 is 0. The molecule has 0 spiro atoms. The average molecular weight is 164 g/mol. The van der Waals surface area contributed by atoms with Crippen LogP contribution in [0.1, 0.15) is 21.5 Å². The fourth-order valence-corrected chi connectivity index (χ4v) is 1.14. The number of nitrogen functional groups attached to an aromatic ring is 1. The van der Waals surface area contributed by atoms with Gasteiger partial charge in [0.25, 0.3) is 0 Å². The van der Waals surface area contributed by atoms with Gasteiger partial charge in [0.1, 0.15) is 6.29 Å². The topological polar surface area (TPSA) is 69.1 Å². The molecule has 0 fully saturated rings. The Morgan fingerprint density at radius 1 is 1.50 bits per heavy atom. The fourth-order valence-electron chi connectivity index (χ4n) is 1.14. The molecule has 3 nitrogen and oxygen atoms in total. The van der Waals surface area contributed by atoms with Crippen LogP contribution in [0.2, 0.25) is 0 Å². The summed E-state index contributed by atoms with van der Waals surface area (Å²) in [5.41, 5.74) is 14.2. The molecule has 0 aromatic heterocycles. The Bertz CT molecular complexity index is 308. The summed E-state index contributed by atoms with van der Waals surface area (Å²) in [6.45, 7) is 2.23. The van der Waals surface area contributed by atoms with E-state index in [1.807, 2.05) is 6.92 Å². The highest BCUT2D eigenvalue weighted by atomic mass is 16.1. The smallest absolute Gasteiger partial charge is 0.150 e. The van der Waals surface area contributed by atoms with Crippen molar-refractivity contribution in [1.29, 1.82) is 0 Å². The largest absolute Gasteiger partial charge is 0.398 e. The molecule has 0 saturated carbocycles. The third-order valence-electron chi connectivity index (χ3n) is 1.85. The van der Waals surface area contributed by atoms with Gasteiger partial charge in [0.2, 0.25) is 0 Å². The van der Waals surface area contributed by atoms with Crippen molar-refractivity contribution in [2.24, 2.45) is 5.73 Å². The van der Waals surface area contributed by atoms with E-state index in [1.54, 1.807) is 12.1 Å². The number of aryl methyl sites for hydroxylation is 1. The molecule has 0 aliphatic carbocycles. The maximum atomic E-state index is 10.5. The zero-order valence-electron chi connectivity index (χ0n) is 7.00. The van der Waals surface area contributed by atoms with Gasteiger partial charge in [-0.05, 0) is 30.2 Å². The number of anilines is 1. The van der Waals surface area contributed by atoms with Crippen LogP contribution in [0.3, 0.4) is 0 Å². The average Bonchev–Trinajstić information content (AvgIpc) is 2.09. The van der Waals surface area contributed by atoms with E-state index in [1.165, 1.54) is 0 Å². The maximum Gasteiger partial charge on any atom is 0.150 e. The minimum atomic E-state index is 0.369. The third kappa shape index (κ3) is 1.46. The number of hydrogen-bond acceptors (Lipinski definition) is 3. The lowest BCUT2D eigenvalue weighted by atomic mass is 10.0. The molecule has 0 aliphatic heterocycles. The second-order valence-electron chi connectivity index (χ2n) is 2.73. The molecule has 0 radical (unpaired) electrons.